The van der Waals surface area contributed by atoms with E-state index in [0.717, 1.165) is 4.90 Å². The number of nitrogens with one attached hydrogen (secondary N) is 1. The molecule has 0 radical (unpaired) electrons. The number of aliphatic hydroxyl groups excluding tert-OH is 3. The lowest BCUT2D eigenvalue weighted by Gasteiger charge is -2.34. The Bertz CT molecular complexity index is 305. The molecule has 4 N–H and O–H groups in total. The van der Waals surface area contributed by atoms with Crippen LogP contribution in [0.1, 0.15) is 6.42 Å². The van der Waals surface area contributed by atoms with Crippen molar-refractivity contribution in [1.29, 1.82) is 0 Å². The summed E-state index contributed by atoms with van der Waals surface area (Å²) in [6.45, 7) is -0.390. The minimum atomic E-state index is -1.77. The maximum absolute atomic E-state index is 13.7. The molecule has 0 aromatic heterocycles. The number of carbonyl (C=O) groups excluding carboxylic acids is 1. The number of alkyl halides is 1. The topological polar surface area (TPSA) is 102 Å². The molecule has 8 heteroatoms. The van der Waals surface area contributed by atoms with Crippen LogP contribution in [0.15, 0.2) is 0 Å². The second-order valence-electron chi connectivity index (χ2n) is 4.13. The van der Waals surface area contributed by atoms with Crippen molar-refractivity contribution in [2.45, 2.75) is 37.3 Å². The molecule has 0 aromatic carbocycles. The summed E-state index contributed by atoms with van der Waals surface area (Å²) in [5, 5.41) is 29.7. The minimum Gasteiger partial charge on any atom is -0.394 e. The van der Waals surface area contributed by atoms with Gasteiger partial charge in [-0.3, -0.25) is 4.90 Å². The Morgan fingerprint density at radius 1 is 1.53 bits per heavy atom. The third-order valence-electron chi connectivity index (χ3n) is 2.98. The molecule has 2 fully saturated rings. The monoisotopic (exact) mass is 250 g/mol. The van der Waals surface area contributed by atoms with Gasteiger partial charge in [-0.25, -0.2) is 9.18 Å². The van der Waals surface area contributed by atoms with Crippen LogP contribution >= 0.6 is 0 Å². The summed E-state index contributed by atoms with van der Waals surface area (Å²) in [4.78, 5) is 12.6. The average molecular weight is 250 g/mol. The van der Waals surface area contributed by atoms with Crippen molar-refractivity contribution in [2.75, 3.05) is 13.2 Å². The zero-order valence-electron chi connectivity index (χ0n) is 8.99. The second kappa shape index (κ2) is 4.73. The molecule has 17 heavy (non-hydrogen) atoms. The average Bonchev–Trinajstić information content (AvgIpc) is 2.57. The predicted octanol–water partition coefficient (Wildman–Crippen LogP) is -1.86. The van der Waals surface area contributed by atoms with E-state index in [1.807, 2.05) is 0 Å². The van der Waals surface area contributed by atoms with Gasteiger partial charge in [0.05, 0.1) is 6.61 Å². The van der Waals surface area contributed by atoms with Crippen molar-refractivity contribution in [3.8, 4) is 0 Å². The zero-order valence-corrected chi connectivity index (χ0v) is 8.99. The maximum atomic E-state index is 13.7. The Morgan fingerprint density at radius 3 is 2.76 bits per heavy atom. The molecule has 0 aliphatic carbocycles. The highest BCUT2D eigenvalue weighted by Crippen LogP contribution is 2.27. The molecule has 7 nitrogen and oxygen atoms in total. The number of halogens is 1. The van der Waals surface area contributed by atoms with E-state index in [9.17, 15) is 19.4 Å². The van der Waals surface area contributed by atoms with E-state index in [1.54, 1.807) is 0 Å². The third-order valence-corrected chi connectivity index (χ3v) is 2.98. The molecule has 2 aliphatic heterocycles. The minimum absolute atomic E-state index is 0.128. The van der Waals surface area contributed by atoms with E-state index >= 15 is 0 Å². The van der Waals surface area contributed by atoms with E-state index in [2.05, 4.69) is 5.32 Å². The van der Waals surface area contributed by atoms with Crippen LogP contribution in [0.5, 0.6) is 0 Å². The lowest BCUT2D eigenvalue weighted by Crippen LogP contribution is -2.57. The number of aliphatic hydroxyl groups is 3. The van der Waals surface area contributed by atoms with Crippen molar-refractivity contribution in [3.63, 3.8) is 0 Å². The number of hydrogen-bond acceptors (Lipinski definition) is 5. The summed E-state index contributed by atoms with van der Waals surface area (Å²) in [7, 11) is 0. The number of urea groups is 1. The largest absolute Gasteiger partial charge is 0.394 e. The highest BCUT2D eigenvalue weighted by atomic mass is 19.1. The zero-order chi connectivity index (χ0) is 12.6. The van der Waals surface area contributed by atoms with E-state index < -0.39 is 43.5 Å². The van der Waals surface area contributed by atoms with Crippen LogP contribution in [0.2, 0.25) is 0 Å². The summed E-state index contributed by atoms with van der Waals surface area (Å²) in [5.74, 6) is 0. The van der Waals surface area contributed by atoms with Crippen LogP contribution in [-0.2, 0) is 4.74 Å². The lowest BCUT2D eigenvalue weighted by molar-refractivity contribution is -0.0804. The van der Waals surface area contributed by atoms with Gasteiger partial charge in [0, 0.05) is 13.0 Å². The Kier molecular flexibility index (Phi) is 3.48. The molecule has 0 spiro atoms. The molecule has 98 valence electrons. The van der Waals surface area contributed by atoms with Crippen LogP contribution in [0.4, 0.5) is 9.18 Å². The first-order valence-electron chi connectivity index (χ1n) is 5.38. The van der Waals surface area contributed by atoms with E-state index in [4.69, 9.17) is 9.84 Å². The summed E-state index contributed by atoms with van der Waals surface area (Å²) in [6, 6.07) is -0.651. The van der Waals surface area contributed by atoms with Gasteiger partial charge in [0.15, 0.2) is 12.4 Å². The number of carbonyl (C=O) groups is 1. The van der Waals surface area contributed by atoms with Gasteiger partial charge < -0.3 is 25.4 Å². The normalized spacial score (nSPS) is 42.7. The van der Waals surface area contributed by atoms with Gasteiger partial charge in [0.1, 0.15) is 18.4 Å². The fourth-order valence-corrected chi connectivity index (χ4v) is 2.01. The number of rotatable bonds is 2. The predicted molar refractivity (Wildman–Crippen MR) is 52.5 cm³/mol. The summed E-state index contributed by atoms with van der Waals surface area (Å²) in [5.41, 5.74) is 0. The number of ether oxygens (including phenoxy) is 1. The summed E-state index contributed by atoms with van der Waals surface area (Å²) < 4.78 is 18.8. The van der Waals surface area contributed by atoms with Crippen molar-refractivity contribution < 1.29 is 29.2 Å². The lowest BCUT2D eigenvalue weighted by atomic mass is 10.1. The molecule has 0 unspecified atom stereocenters. The molecule has 5 atom stereocenters. The molecule has 0 saturated carbocycles. The van der Waals surface area contributed by atoms with Gasteiger partial charge in [-0.05, 0) is 0 Å². The Morgan fingerprint density at radius 2 is 2.24 bits per heavy atom. The van der Waals surface area contributed by atoms with E-state index in [0.29, 0.717) is 0 Å². The Labute approximate surface area is 96.8 Å². The van der Waals surface area contributed by atoms with Crippen LogP contribution in [0.25, 0.3) is 0 Å². The van der Waals surface area contributed by atoms with Gasteiger partial charge in [-0.1, -0.05) is 0 Å². The molecule has 0 bridgehead atoms. The first-order chi connectivity index (χ1) is 8.04. The Balaban J connectivity index is 2.05. The third kappa shape index (κ3) is 2.21. The van der Waals surface area contributed by atoms with Crippen LogP contribution in [-0.4, -0.2) is 70.2 Å². The first kappa shape index (κ1) is 12.5. The molecule has 2 heterocycles. The molecule has 0 aromatic rings. The number of hydrogen-bond donors (Lipinski definition) is 4. The van der Waals surface area contributed by atoms with Gasteiger partial charge in [-0.2, -0.15) is 0 Å². The highest BCUT2D eigenvalue weighted by Gasteiger charge is 2.48. The fourth-order valence-electron chi connectivity index (χ4n) is 2.01. The fraction of sp³-hybridized carbons (Fsp3) is 0.889. The second-order valence-corrected chi connectivity index (χ2v) is 4.13. The van der Waals surface area contributed by atoms with Crippen LogP contribution in [0.3, 0.4) is 0 Å². The molecular formula is C9H15FN2O5. The summed E-state index contributed by atoms with van der Waals surface area (Å²) >= 11 is 0. The number of amides is 2. The molecule has 2 saturated heterocycles. The van der Waals surface area contributed by atoms with Crippen molar-refractivity contribution >= 4 is 6.03 Å². The molecule has 2 aliphatic rings. The van der Waals surface area contributed by atoms with Crippen LogP contribution in [0, 0.1) is 0 Å². The van der Waals surface area contributed by atoms with Gasteiger partial charge >= 0.3 is 6.03 Å². The van der Waals surface area contributed by atoms with Gasteiger partial charge in [0.2, 0.25) is 0 Å². The van der Waals surface area contributed by atoms with Crippen molar-refractivity contribution in [1.82, 2.24) is 10.2 Å². The maximum Gasteiger partial charge on any atom is 0.321 e. The molecular weight excluding hydrogens is 235 g/mol. The van der Waals surface area contributed by atoms with Gasteiger partial charge in [0.25, 0.3) is 0 Å². The molecule has 2 amide bonds. The van der Waals surface area contributed by atoms with E-state index in [1.165, 1.54) is 0 Å². The van der Waals surface area contributed by atoms with Crippen molar-refractivity contribution in [3.05, 3.63) is 0 Å². The SMILES string of the molecule is O=C1N[C@@H](O)CCN1[C@@H]1O[C@H](CO)[C@@H](O)[C@H]1F. The Hall–Kier alpha value is -0.960. The summed E-state index contributed by atoms with van der Waals surface area (Å²) in [6.07, 6.45) is -6.18. The quantitative estimate of drug-likeness (QED) is 0.460. The first-order valence-corrected chi connectivity index (χ1v) is 5.38. The van der Waals surface area contributed by atoms with Crippen molar-refractivity contribution in [2.24, 2.45) is 0 Å². The molecule has 2 rings (SSSR count). The van der Waals surface area contributed by atoms with Gasteiger partial charge in [-0.15, -0.1) is 0 Å². The standard InChI is InChI=1S/C9H15FN2O5/c10-6-7(15)4(3-13)17-8(6)12-2-1-5(14)11-9(12)16/h4-8,13-15H,1-3H2,(H,11,16)/t4-,5+,6-,7-,8-/m1/s1. The highest BCUT2D eigenvalue weighted by molar-refractivity contribution is 5.75. The number of nitrogens with zero attached hydrogens (tertiary/aromatic N) is 1. The smallest absolute Gasteiger partial charge is 0.321 e. The van der Waals surface area contributed by atoms with E-state index in [-0.39, 0.29) is 13.0 Å². The van der Waals surface area contributed by atoms with Crippen LogP contribution < -0.4 is 5.32 Å².